The number of anilines is 1. The van der Waals surface area contributed by atoms with E-state index in [-0.39, 0.29) is 5.95 Å². The Morgan fingerprint density at radius 2 is 2.05 bits per heavy atom. The first-order valence-corrected chi connectivity index (χ1v) is 7.16. The summed E-state index contributed by atoms with van der Waals surface area (Å²) in [6.07, 6.45) is 0. The van der Waals surface area contributed by atoms with Gasteiger partial charge in [-0.2, -0.15) is 4.98 Å². The fourth-order valence-electron chi connectivity index (χ4n) is 1.64. The van der Waals surface area contributed by atoms with Crippen LogP contribution < -0.4 is 16.0 Å². The van der Waals surface area contributed by atoms with Crippen LogP contribution in [0.25, 0.3) is 10.2 Å². The highest BCUT2D eigenvalue weighted by atomic mass is 35.5. The smallest absolute Gasteiger partial charge is 0.242 e. The normalized spacial score (nSPS) is 10.8. The molecule has 5 nitrogen and oxygen atoms in total. The number of nitrogens with two attached hydrogens (primary N) is 1. The molecule has 0 saturated carbocycles. The Kier molecular flexibility index (Phi) is 3.62. The Labute approximate surface area is 128 Å². The molecule has 0 spiro atoms. The number of aromatic nitrogens is 2. The van der Waals surface area contributed by atoms with Gasteiger partial charge in [0.25, 0.3) is 0 Å². The molecule has 2 aromatic heterocycles. The van der Waals surface area contributed by atoms with Crippen molar-refractivity contribution in [3.63, 3.8) is 0 Å². The van der Waals surface area contributed by atoms with Gasteiger partial charge in [-0.15, -0.1) is 11.3 Å². The van der Waals surface area contributed by atoms with Gasteiger partial charge < -0.3 is 4.74 Å². The topological polar surface area (TPSA) is 73.1 Å². The Bertz CT molecular complexity index is 777. The molecule has 1 aromatic carbocycles. The third kappa shape index (κ3) is 2.38. The summed E-state index contributed by atoms with van der Waals surface area (Å²) in [7, 11) is 0. The van der Waals surface area contributed by atoms with E-state index in [1.807, 2.05) is 11.4 Å². The highest BCUT2D eigenvalue weighted by Gasteiger charge is 2.13. The van der Waals surface area contributed by atoms with Crippen LogP contribution in [0, 0.1) is 0 Å². The van der Waals surface area contributed by atoms with E-state index >= 15 is 0 Å². The van der Waals surface area contributed by atoms with Crippen LogP contribution in [0.3, 0.4) is 0 Å². The van der Waals surface area contributed by atoms with Crippen LogP contribution in [0.1, 0.15) is 0 Å². The van der Waals surface area contributed by atoms with E-state index < -0.39 is 0 Å². The summed E-state index contributed by atoms with van der Waals surface area (Å²) in [5.74, 6) is 6.42. The van der Waals surface area contributed by atoms with Crippen molar-refractivity contribution in [2.75, 3.05) is 5.43 Å². The molecule has 2 heterocycles. The number of hydrogen-bond donors (Lipinski definition) is 2. The maximum absolute atomic E-state index is 6.10. The lowest BCUT2D eigenvalue weighted by Gasteiger charge is -2.09. The average Bonchev–Trinajstić information content (AvgIpc) is 2.92. The second kappa shape index (κ2) is 5.41. The fraction of sp³-hybridized carbons (Fsp3) is 0. The van der Waals surface area contributed by atoms with Crippen molar-refractivity contribution >= 4 is 50.7 Å². The molecule has 0 fully saturated rings. The minimum Gasteiger partial charge on any atom is -0.436 e. The molecule has 3 rings (SSSR count). The lowest BCUT2D eigenvalue weighted by molar-refractivity contribution is 0.470. The predicted octanol–water partition coefficient (Wildman–Crippen LogP) is 4.08. The van der Waals surface area contributed by atoms with Crippen molar-refractivity contribution in [2.24, 2.45) is 5.84 Å². The molecule has 102 valence electrons. The van der Waals surface area contributed by atoms with E-state index in [4.69, 9.17) is 33.8 Å². The molecule has 20 heavy (non-hydrogen) atoms. The third-order valence-corrected chi connectivity index (χ3v) is 4.22. The first-order chi connectivity index (χ1) is 9.69. The second-order valence-corrected chi connectivity index (χ2v) is 5.49. The van der Waals surface area contributed by atoms with Crippen LogP contribution in [-0.4, -0.2) is 9.97 Å². The molecule has 8 heteroatoms. The van der Waals surface area contributed by atoms with Gasteiger partial charge in [0.1, 0.15) is 15.5 Å². The monoisotopic (exact) mass is 326 g/mol. The molecule has 3 aromatic rings. The molecule has 0 aliphatic carbocycles. The number of hydrazine groups is 1. The molecule has 0 unspecified atom stereocenters. The van der Waals surface area contributed by atoms with Crippen LogP contribution in [0.15, 0.2) is 29.6 Å². The van der Waals surface area contributed by atoms with E-state index in [9.17, 15) is 0 Å². The van der Waals surface area contributed by atoms with E-state index in [1.54, 1.807) is 18.2 Å². The molecular weight excluding hydrogens is 319 g/mol. The quantitative estimate of drug-likeness (QED) is 0.560. The number of thiophene rings is 1. The van der Waals surface area contributed by atoms with Gasteiger partial charge in [0.15, 0.2) is 0 Å². The molecular formula is C12H8Cl2N4OS. The second-order valence-electron chi connectivity index (χ2n) is 3.79. The van der Waals surface area contributed by atoms with Crippen molar-refractivity contribution in [3.05, 3.63) is 39.7 Å². The van der Waals surface area contributed by atoms with Crippen molar-refractivity contribution in [3.8, 4) is 11.6 Å². The maximum atomic E-state index is 6.10. The molecule has 0 atom stereocenters. The summed E-state index contributed by atoms with van der Waals surface area (Å²) >= 11 is 13.5. The summed E-state index contributed by atoms with van der Waals surface area (Å²) < 4.78 is 6.56. The highest BCUT2D eigenvalue weighted by Crippen LogP contribution is 2.37. The number of ether oxygens (including phenoxy) is 1. The highest BCUT2D eigenvalue weighted by molar-refractivity contribution is 7.17. The van der Waals surface area contributed by atoms with Gasteiger partial charge in [-0.05, 0) is 23.6 Å². The fourth-order valence-corrected chi connectivity index (χ4v) is 2.72. The number of nitrogens with one attached hydrogen (secondary N) is 1. The summed E-state index contributed by atoms with van der Waals surface area (Å²) in [5.41, 5.74) is 3.15. The molecule has 0 bridgehead atoms. The number of benzene rings is 1. The third-order valence-electron chi connectivity index (χ3n) is 2.52. The van der Waals surface area contributed by atoms with Gasteiger partial charge >= 0.3 is 0 Å². The maximum Gasteiger partial charge on any atom is 0.242 e. The first kappa shape index (κ1) is 13.4. The van der Waals surface area contributed by atoms with E-state index in [1.165, 1.54) is 11.3 Å². The van der Waals surface area contributed by atoms with E-state index in [2.05, 4.69) is 15.4 Å². The minimum atomic E-state index is 0.268. The molecule has 0 amide bonds. The SMILES string of the molecule is NNc1nc(Oc2cccc(Cl)c2Cl)c2sccc2n1. The van der Waals surface area contributed by atoms with Gasteiger partial charge in [0.05, 0.1) is 10.5 Å². The van der Waals surface area contributed by atoms with Gasteiger partial charge in [0, 0.05) is 0 Å². The molecule has 0 aliphatic rings. The minimum absolute atomic E-state index is 0.268. The first-order valence-electron chi connectivity index (χ1n) is 5.53. The molecule has 0 aliphatic heterocycles. The number of nitrogen functional groups attached to an aromatic ring is 1. The number of halogens is 2. The van der Waals surface area contributed by atoms with Gasteiger partial charge in [-0.1, -0.05) is 29.3 Å². The zero-order valence-electron chi connectivity index (χ0n) is 9.93. The Morgan fingerprint density at radius 1 is 1.20 bits per heavy atom. The van der Waals surface area contributed by atoms with Gasteiger partial charge in [-0.25, -0.2) is 10.8 Å². The van der Waals surface area contributed by atoms with E-state index in [0.717, 1.165) is 10.2 Å². The van der Waals surface area contributed by atoms with E-state index in [0.29, 0.717) is 21.7 Å². The largest absolute Gasteiger partial charge is 0.436 e. The van der Waals surface area contributed by atoms with Gasteiger partial charge in [-0.3, -0.25) is 5.43 Å². The Balaban J connectivity index is 2.10. The molecule has 0 saturated heterocycles. The number of fused-ring (bicyclic) bond motifs is 1. The van der Waals surface area contributed by atoms with Crippen molar-refractivity contribution in [1.29, 1.82) is 0 Å². The van der Waals surface area contributed by atoms with Crippen molar-refractivity contribution < 1.29 is 4.74 Å². The summed E-state index contributed by atoms with van der Waals surface area (Å²) in [6.45, 7) is 0. The Morgan fingerprint density at radius 3 is 2.85 bits per heavy atom. The lowest BCUT2D eigenvalue weighted by Crippen LogP contribution is -2.10. The zero-order chi connectivity index (χ0) is 14.1. The lowest BCUT2D eigenvalue weighted by atomic mass is 10.3. The number of rotatable bonds is 3. The standard InChI is InChI=1S/C12H8Cl2N4OS/c13-6-2-1-3-8(9(6)14)19-11-10-7(4-5-20-10)16-12(17-11)18-15/h1-5H,15H2,(H,16,17,18). The summed E-state index contributed by atoms with van der Waals surface area (Å²) in [6, 6.07) is 7.00. The van der Waals surface area contributed by atoms with Crippen LogP contribution in [0.2, 0.25) is 10.0 Å². The molecule has 3 N–H and O–H groups in total. The van der Waals surface area contributed by atoms with Crippen LogP contribution in [-0.2, 0) is 0 Å². The Hall–Kier alpha value is -1.60. The number of nitrogens with zero attached hydrogens (tertiary/aromatic N) is 2. The van der Waals surface area contributed by atoms with Crippen LogP contribution >= 0.6 is 34.5 Å². The van der Waals surface area contributed by atoms with Crippen LogP contribution in [0.5, 0.6) is 11.6 Å². The summed E-state index contributed by atoms with van der Waals surface area (Å²) in [5, 5.41) is 2.64. The van der Waals surface area contributed by atoms with Gasteiger partial charge in [0.2, 0.25) is 11.8 Å². The molecule has 0 radical (unpaired) electrons. The average molecular weight is 327 g/mol. The van der Waals surface area contributed by atoms with Crippen molar-refractivity contribution in [1.82, 2.24) is 9.97 Å². The zero-order valence-corrected chi connectivity index (χ0v) is 12.3. The summed E-state index contributed by atoms with van der Waals surface area (Å²) in [4.78, 5) is 8.42. The predicted molar refractivity (Wildman–Crippen MR) is 81.8 cm³/mol. The van der Waals surface area contributed by atoms with Crippen LogP contribution in [0.4, 0.5) is 5.95 Å². The van der Waals surface area contributed by atoms with Crippen molar-refractivity contribution in [2.45, 2.75) is 0 Å². The number of hydrogen-bond acceptors (Lipinski definition) is 6.